The van der Waals surface area contributed by atoms with E-state index in [4.69, 9.17) is 14.2 Å². The summed E-state index contributed by atoms with van der Waals surface area (Å²) >= 11 is 0. The molecule has 2 aliphatic carbocycles. The molecule has 0 saturated heterocycles. The summed E-state index contributed by atoms with van der Waals surface area (Å²) in [5.74, 6) is 0.168. The van der Waals surface area contributed by atoms with E-state index in [0.29, 0.717) is 0 Å². The number of ether oxygens (including phenoxy) is 3. The van der Waals surface area contributed by atoms with Crippen LogP contribution in [0.2, 0.25) is 0 Å². The third kappa shape index (κ3) is 4.95. The zero-order chi connectivity index (χ0) is 16.9. The molecule has 0 radical (unpaired) electrons. The van der Waals surface area contributed by atoms with E-state index in [1.807, 2.05) is 20.8 Å². The molecule has 0 unspecified atom stereocenters. The van der Waals surface area contributed by atoms with Gasteiger partial charge >= 0.3 is 6.09 Å². The van der Waals surface area contributed by atoms with Crippen LogP contribution in [0.25, 0.3) is 0 Å². The molecule has 132 valence electrons. The molecule has 1 saturated carbocycles. The number of carbonyl (C=O) groups excluding carboxylic acids is 1. The summed E-state index contributed by atoms with van der Waals surface area (Å²) in [5, 5.41) is 3.20. The minimum Gasteiger partial charge on any atom is -0.444 e. The number of hydrogen-bond donors (Lipinski definition) is 1. The van der Waals surface area contributed by atoms with E-state index in [9.17, 15) is 4.79 Å². The molecule has 0 bridgehead atoms. The van der Waals surface area contributed by atoms with Crippen molar-refractivity contribution in [3.63, 3.8) is 0 Å². The van der Waals surface area contributed by atoms with Crippen LogP contribution in [0.3, 0.4) is 0 Å². The molecule has 1 fully saturated rings. The van der Waals surface area contributed by atoms with Gasteiger partial charge in [0.05, 0.1) is 11.6 Å². The zero-order valence-corrected chi connectivity index (χ0v) is 14.9. The second-order valence-corrected chi connectivity index (χ2v) is 7.63. The number of fused-ring (bicyclic) bond motifs is 1. The highest BCUT2D eigenvalue weighted by Gasteiger charge is 2.46. The Bertz CT molecular complexity index is 429. The van der Waals surface area contributed by atoms with E-state index in [1.165, 1.54) is 0 Å². The Morgan fingerprint density at radius 1 is 1.30 bits per heavy atom. The van der Waals surface area contributed by atoms with Gasteiger partial charge in [-0.3, -0.25) is 0 Å². The fourth-order valence-corrected chi connectivity index (χ4v) is 3.76. The van der Waals surface area contributed by atoms with Gasteiger partial charge in [-0.05, 0) is 59.3 Å². The number of amides is 1. The van der Waals surface area contributed by atoms with Crippen LogP contribution < -0.4 is 5.32 Å². The largest absolute Gasteiger partial charge is 0.444 e. The molecule has 5 heteroatoms. The summed E-state index contributed by atoms with van der Waals surface area (Å²) in [5.41, 5.74) is -0.761. The van der Waals surface area contributed by atoms with Crippen LogP contribution in [0.4, 0.5) is 4.79 Å². The third-order valence-corrected chi connectivity index (χ3v) is 4.64. The highest BCUT2D eigenvalue weighted by Crippen LogP contribution is 2.42. The highest BCUT2D eigenvalue weighted by molar-refractivity contribution is 5.69. The van der Waals surface area contributed by atoms with Gasteiger partial charge in [-0.25, -0.2) is 4.79 Å². The van der Waals surface area contributed by atoms with Crippen molar-refractivity contribution in [2.45, 2.75) is 76.5 Å². The van der Waals surface area contributed by atoms with Gasteiger partial charge in [-0.15, -0.1) is 0 Å². The van der Waals surface area contributed by atoms with Crippen molar-refractivity contribution in [2.24, 2.45) is 5.92 Å². The van der Waals surface area contributed by atoms with Crippen LogP contribution in [0.15, 0.2) is 12.2 Å². The second kappa shape index (κ2) is 7.67. The summed E-state index contributed by atoms with van der Waals surface area (Å²) in [6, 6.07) is 0. The maximum Gasteiger partial charge on any atom is 0.408 e. The SMILES string of the molecule is COCO[C@H]1CCC[C@]2(NC(=O)OC(C)(C)C)CCCC=C[C@H]12. The molecular formula is C18H31NO4. The Balaban J connectivity index is 2.16. The highest BCUT2D eigenvalue weighted by atomic mass is 16.7. The monoisotopic (exact) mass is 325 g/mol. The summed E-state index contributed by atoms with van der Waals surface area (Å²) < 4.78 is 16.5. The first-order chi connectivity index (χ1) is 10.9. The molecular weight excluding hydrogens is 294 g/mol. The first-order valence-corrected chi connectivity index (χ1v) is 8.65. The zero-order valence-electron chi connectivity index (χ0n) is 14.9. The van der Waals surface area contributed by atoms with Gasteiger partial charge in [0, 0.05) is 13.0 Å². The van der Waals surface area contributed by atoms with E-state index in [-0.39, 0.29) is 30.4 Å². The Kier molecular flexibility index (Phi) is 6.09. The molecule has 5 nitrogen and oxygen atoms in total. The van der Waals surface area contributed by atoms with Gasteiger partial charge in [0.1, 0.15) is 12.4 Å². The predicted octanol–water partition coefficient (Wildman–Crippen LogP) is 3.78. The van der Waals surface area contributed by atoms with Crippen LogP contribution in [0.1, 0.15) is 59.3 Å². The molecule has 0 aromatic rings. The van der Waals surface area contributed by atoms with Crippen molar-refractivity contribution in [2.75, 3.05) is 13.9 Å². The summed E-state index contributed by atoms with van der Waals surface area (Å²) in [6.07, 6.45) is 10.3. The number of rotatable bonds is 4. The number of carbonyl (C=O) groups is 1. The van der Waals surface area contributed by atoms with Crippen LogP contribution in [-0.4, -0.2) is 37.2 Å². The van der Waals surface area contributed by atoms with E-state index in [1.54, 1.807) is 7.11 Å². The van der Waals surface area contributed by atoms with Gasteiger partial charge in [-0.2, -0.15) is 0 Å². The summed E-state index contributed by atoms with van der Waals surface area (Å²) in [7, 11) is 1.64. The number of allylic oxidation sites excluding steroid dienone is 1. The molecule has 1 amide bonds. The third-order valence-electron chi connectivity index (χ3n) is 4.64. The minimum atomic E-state index is -0.489. The van der Waals surface area contributed by atoms with Gasteiger partial charge in [-0.1, -0.05) is 12.2 Å². The number of alkyl carbamates (subject to hydrolysis) is 1. The van der Waals surface area contributed by atoms with Crippen molar-refractivity contribution >= 4 is 6.09 Å². The second-order valence-electron chi connectivity index (χ2n) is 7.63. The standard InChI is InChI=1S/C18H31NO4/c1-17(2,3)23-16(20)19-18-11-7-5-6-9-14(18)15(10-8-12-18)22-13-21-4/h6,9,14-15H,5,7-8,10-13H2,1-4H3,(H,19,20)/t14-,15+,18-/m1/s1. The first-order valence-electron chi connectivity index (χ1n) is 8.65. The van der Waals surface area contributed by atoms with Gasteiger partial charge in [0.25, 0.3) is 0 Å². The lowest BCUT2D eigenvalue weighted by Gasteiger charge is -2.46. The lowest BCUT2D eigenvalue weighted by Crippen LogP contribution is -2.59. The molecule has 1 N–H and O–H groups in total. The summed E-state index contributed by atoms with van der Waals surface area (Å²) in [6.45, 7) is 5.96. The van der Waals surface area contributed by atoms with Crippen LogP contribution in [-0.2, 0) is 14.2 Å². The molecule has 0 heterocycles. The molecule has 2 aliphatic rings. The normalized spacial score (nSPS) is 31.1. The Hall–Kier alpha value is -1.07. The molecule has 0 aliphatic heterocycles. The molecule has 3 atom stereocenters. The lowest BCUT2D eigenvalue weighted by molar-refractivity contribution is -0.111. The molecule has 2 rings (SSSR count). The van der Waals surface area contributed by atoms with Crippen LogP contribution >= 0.6 is 0 Å². The number of methoxy groups -OCH3 is 1. The topological polar surface area (TPSA) is 56.8 Å². The van der Waals surface area contributed by atoms with Crippen molar-refractivity contribution < 1.29 is 19.0 Å². The molecule has 0 aromatic heterocycles. The average Bonchev–Trinajstić information content (AvgIpc) is 2.65. The van der Waals surface area contributed by atoms with Crippen molar-refractivity contribution in [1.82, 2.24) is 5.32 Å². The van der Waals surface area contributed by atoms with E-state index < -0.39 is 5.60 Å². The Morgan fingerprint density at radius 2 is 2.04 bits per heavy atom. The molecule has 0 spiro atoms. The van der Waals surface area contributed by atoms with E-state index in [2.05, 4.69) is 17.5 Å². The van der Waals surface area contributed by atoms with Crippen molar-refractivity contribution in [3.05, 3.63) is 12.2 Å². The van der Waals surface area contributed by atoms with E-state index in [0.717, 1.165) is 38.5 Å². The lowest BCUT2D eigenvalue weighted by atomic mass is 9.69. The maximum absolute atomic E-state index is 12.4. The van der Waals surface area contributed by atoms with Gasteiger partial charge in [0.15, 0.2) is 0 Å². The molecule has 0 aromatic carbocycles. The van der Waals surface area contributed by atoms with Gasteiger partial charge in [0.2, 0.25) is 0 Å². The smallest absolute Gasteiger partial charge is 0.408 e. The van der Waals surface area contributed by atoms with Crippen molar-refractivity contribution in [1.29, 1.82) is 0 Å². The van der Waals surface area contributed by atoms with Crippen LogP contribution in [0, 0.1) is 5.92 Å². The number of hydrogen-bond acceptors (Lipinski definition) is 4. The summed E-state index contributed by atoms with van der Waals surface area (Å²) in [4.78, 5) is 12.4. The minimum absolute atomic E-state index is 0.0768. The number of nitrogens with one attached hydrogen (secondary N) is 1. The predicted molar refractivity (Wildman–Crippen MR) is 89.2 cm³/mol. The van der Waals surface area contributed by atoms with E-state index >= 15 is 0 Å². The Labute approximate surface area is 139 Å². The fraction of sp³-hybridized carbons (Fsp3) is 0.833. The fourth-order valence-electron chi connectivity index (χ4n) is 3.76. The first kappa shape index (κ1) is 18.3. The van der Waals surface area contributed by atoms with Crippen molar-refractivity contribution in [3.8, 4) is 0 Å². The maximum atomic E-state index is 12.4. The van der Waals surface area contributed by atoms with Gasteiger partial charge < -0.3 is 19.5 Å². The quantitative estimate of drug-likeness (QED) is 0.631. The molecule has 23 heavy (non-hydrogen) atoms. The van der Waals surface area contributed by atoms with Crippen LogP contribution in [0.5, 0.6) is 0 Å². The average molecular weight is 325 g/mol. The Morgan fingerprint density at radius 3 is 2.74 bits per heavy atom.